The van der Waals surface area contributed by atoms with Crippen LogP contribution in [0, 0.1) is 10.1 Å². The van der Waals surface area contributed by atoms with Crippen LogP contribution in [-0.2, 0) is 33.6 Å². The van der Waals surface area contributed by atoms with Gasteiger partial charge in [-0.05, 0) is 18.1 Å². The molecular weight excluding hydrogens is 364 g/mol. The summed E-state index contributed by atoms with van der Waals surface area (Å²) in [6.45, 7) is 2.10. The molecule has 8 heteroatoms. The molecule has 0 unspecified atom stereocenters. The van der Waals surface area contributed by atoms with Gasteiger partial charge in [-0.2, -0.15) is 0 Å². The maximum atomic E-state index is 10.8. The SMILES string of the molecule is CCc1cccc2c1[nH]c1ccc([N+](=O)[O-])cc12.O=[C]=[Cr](=[C]=O)=[C]=O. The monoisotopic (exact) mass is 376 g/mol. The number of nitrogens with zero attached hydrogens (tertiary/aromatic N) is 1. The van der Waals surface area contributed by atoms with E-state index in [1.54, 1.807) is 12.1 Å². The number of rotatable bonds is 2. The van der Waals surface area contributed by atoms with Crippen molar-refractivity contribution in [1.29, 1.82) is 0 Å². The van der Waals surface area contributed by atoms with Crippen LogP contribution >= 0.6 is 0 Å². The molecule has 3 aromatic rings. The van der Waals surface area contributed by atoms with Crippen molar-refractivity contribution in [3.63, 3.8) is 0 Å². The predicted octanol–water partition coefficient (Wildman–Crippen LogP) is 2.60. The van der Waals surface area contributed by atoms with Crippen LogP contribution in [0.2, 0.25) is 0 Å². The number of para-hydroxylation sites is 1. The van der Waals surface area contributed by atoms with Gasteiger partial charge in [0.1, 0.15) is 0 Å². The fourth-order valence-electron chi connectivity index (χ4n) is 2.43. The topological polar surface area (TPSA) is 110 Å². The molecule has 0 spiro atoms. The molecule has 0 radical (unpaired) electrons. The maximum absolute atomic E-state index is 10.8. The molecule has 1 N–H and O–H groups in total. The summed E-state index contributed by atoms with van der Waals surface area (Å²) in [5, 5.41) is 12.8. The molecule has 0 aliphatic rings. The Morgan fingerprint density at radius 2 is 1.76 bits per heavy atom. The molecule has 0 fully saturated rings. The molecule has 1 heterocycles. The van der Waals surface area contributed by atoms with E-state index in [1.165, 1.54) is 25.9 Å². The van der Waals surface area contributed by atoms with Gasteiger partial charge in [0, 0.05) is 33.9 Å². The molecule has 25 heavy (non-hydrogen) atoms. The van der Waals surface area contributed by atoms with Crippen molar-refractivity contribution >= 4 is 41.7 Å². The second-order valence-corrected chi connectivity index (χ2v) is 6.60. The quantitative estimate of drug-likeness (QED) is 0.546. The molecule has 0 saturated heterocycles. The summed E-state index contributed by atoms with van der Waals surface area (Å²) in [4.78, 5) is 41.9. The van der Waals surface area contributed by atoms with E-state index in [4.69, 9.17) is 0 Å². The first-order valence-corrected chi connectivity index (χ1v) is 9.02. The van der Waals surface area contributed by atoms with E-state index >= 15 is 0 Å². The normalized spacial score (nSPS) is 9.48. The van der Waals surface area contributed by atoms with Crippen molar-refractivity contribution in [1.82, 2.24) is 4.98 Å². The molecule has 2 aromatic carbocycles. The Hall–Kier alpha value is -3.09. The van der Waals surface area contributed by atoms with Gasteiger partial charge in [0.25, 0.3) is 5.69 Å². The number of aromatic nitrogens is 1. The van der Waals surface area contributed by atoms with Crippen molar-refractivity contribution in [2.24, 2.45) is 0 Å². The van der Waals surface area contributed by atoms with Crippen molar-refractivity contribution in [3.8, 4) is 0 Å². The third-order valence-electron chi connectivity index (χ3n) is 3.55. The number of hydrogen-bond donors (Lipinski definition) is 1. The Bertz CT molecular complexity index is 1140. The van der Waals surface area contributed by atoms with Crippen LogP contribution in [-0.4, -0.2) is 24.2 Å². The average molecular weight is 376 g/mol. The Balaban J connectivity index is 0.000000277. The summed E-state index contributed by atoms with van der Waals surface area (Å²) in [5.41, 5.74) is 3.38. The predicted molar refractivity (Wildman–Crippen MR) is 88.9 cm³/mol. The Morgan fingerprint density at radius 1 is 1.08 bits per heavy atom. The van der Waals surface area contributed by atoms with Crippen molar-refractivity contribution in [2.75, 3.05) is 0 Å². The number of nitro groups is 1. The standard InChI is InChI=1S/C14H12N2O2.3CO.Cr/c1-2-9-4-3-5-11-12-8-10(16(17)18)6-7-13(12)15-14(9)11;3*1-2;/h3-8,15H,2H2,1H3;;;;. The summed E-state index contributed by atoms with van der Waals surface area (Å²) in [5.74, 6) is 0. The number of aryl methyl sites for hydroxylation is 1. The summed E-state index contributed by atoms with van der Waals surface area (Å²) in [7, 11) is 0. The molecule has 0 aliphatic carbocycles. The molecule has 3 rings (SSSR count). The number of non-ortho nitro benzene ring substituents is 1. The van der Waals surface area contributed by atoms with Gasteiger partial charge in [0.15, 0.2) is 0 Å². The van der Waals surface area contributed by atoms with Gasteiger partial charge < -0.3 is 4.98 Å². The van der Waals surface area contributed by atoms with Crippen LogP contribution in [0.4, 0.5) is 5.69 Å². The Labute approximate surface area is 144 Å². The fraction of sp³-hybridized carbons (Fsp3) is 0.118. The molecule has 0 amide bonds. The number of H-pyrrole nitrogens is 1. The van der Waals surface area contributed by atoms with Gasteiger partial charge in [-0.3, -0.25) is 10.1 Å². The van der Waals surface area contributed by atoms with E-state index in [0.717, 1.165) is 28.2 Å². The zero-order valence-corrected chi connectivity index (χ0v) is 14.3. The summed E-state index contributed by atoms with van der Waals surface area (Å²) in [6, 6.07) is 11.0. The molecule has 126 valence electrons. The Kier molecular flexibility index (Phi) is 5.95. The van der Waals surface area contributed by atoms with Crippen LogP contribution in [0.5, 0.6) is 0 Å². The first-order chi connectivity index (χ1) is 12.0. The molecule has 0 atom stereocenters. The third kappa shape index (κ3) is 3.88. The van der Waals surface area contributed by atoms with E-state index < -0.39 is 12.8 Å². The number of nitrogens with one attached hydrogen (secondary N) is 1. The van der Waals surface area contributed by atoms with Gasteiger partial charge in [0.2, 0.25) is 0 Å². The van der Waals surface area contributed by atoms with Crippen LogP contribution in [0.3, 0.4) is 0 Å². The first kappa shape index (κ1) is 18.3. The number of hydrogen-bond acceptors (Lipinski definition) is 5. The van der Waals surface area contributed by atoms with E-state index in [-0.39, 0.29) is 10.6 Å². The zero-order valence-electron chi connectivity index (χ0n) is 13.1. The van der Waals surface area contributed by atoms with Gasteiger partial charge in [-0.25, -0.2) is 0 Å². The molecule has 1 aromatic heterocycles. The zero-order chi connectivity index (χ0) is 18.4. The van der Waals surface area contributed by atoms with E-state index in [0.29, 0.717) is 0 Å². The molecule has 0 aliphatic heterocycles. The minimum atomic E-state index is -2.47. The van der Waals surface area contributed by atoms with Gasteiger partial charge in [0.05, 0.1) is 4.92 Å². The fourth-order valence-corrected chi connectivity index (χ4v) is 2.59. The number of benzene rings is 2. The van der Waals surface area contributed by atoms with Crippen molar-refractivity contribution < 1.29 is 32.1 Å². The number of nitro benzene ring substituents is 1. The third-order valence-corrected chi connectivity index (χ3v) is 4.33. The second kappa shape index (κ2) is 8.14. The van der Waals surface area contributed by atoms with Crippen LogP contribution < -0.4 is 0 Å². The first-order valence-electron chi connectivity index (χ1n) is 7.11. The molecule has 7 nitrogen and oxygen atoms in total. The molecular formula is C17H12CrN2O5. The molecule has 0 bridgehead atoms. The van der Waals surface area contributed by atoms with Crippen LogP contribution in [0.1, 0.15) is 12.5 Å². The summed E-state index contributed by atoms with van der Waals surface area (Å²) >= 11 is -2.47. The van der Waals surface area contributed by atoms with Crippen molar-refractivity contribution in [3.05, 3.63) is 52.1 Å². The molecule has 0 saturated carbocycles. The summed E-state index contributed by atoms with van der Waals surface area (Å²) < 4.78 is 3.69. The number of carbonyl (C=O) groups excluding carboxylic acids is 3. The van der Waals surface area contributed by atoms with Crippen LogP contribution in [0.15, 0.2) is 36.4 Å². The minimum absolute atomic E-state index is 0.130. The second-order valence-electron chi connectivity index (χ2n) is 4.86. The van der Waals surface area contributed by atoms with Crippen molar-refractivity contribution in [2.45, 2.75) is 13.3 Å². The van der Waals surface area contributed by atoms with E-state index in [1.807, 2.05) is 12.1 Å². The number of aromatic amines is 1. The Morgan fingerprint density at radius 3 is 2.28 bits per heavy atom. The number of fused-ring (bicyclic) bond motifs is 3. The van der Waals surface area contributed by atoms with Gasteiger partial charge in [-0.1, -0.05) is 25.1 Å². The van der Waals surface area contributed by atoms with Crippen LogP contribution in [0.25, 0.3) is 21.8 Å². The van der Waals surface area contributed by atoms with Gasteiger partial charge >= 0.3 is 41.5 Å². The van der Waals surface area contributed by atoms with E-state index in [2.05, 4.69) is 18.0 Å². The summed E-state index contributed by atoms with van der Waals surface area (Å²) in [6.07, 6.45) is 0.937. The van der Waals surface area contributed by atoms with Gasteiger partial charge in [-0.15, -0.1) is 0 Å². The average Bonchev–Trinajstić information content (AvgIpc) is 3.01. The van der Waals surface area contributed by atoms with E-state index in [9.17, 15) is 24.5 Å².